The topological polar surface area (TPSA) is 109 Å². The van der Waals surface area contributed by atoms with Gasteiger partial charge in [0, 0.05) is 5.69 Å². The van der Waals surface area contributed by atoms with Crippen molar-refractivity contribution in [3.05, 3.63) is 40.4 Å². The summed E-state index contributed by atoms with van der Waals surface area (Å²) in [6.07, 6.45) is -3.24. The van der Waals surface area contributed by atoms with Gasteiger partial charge >= 0.3 is 6.09 Å². The third-order valence-electron chi connectivity index (χ3n) is 3.46. The molecule has 1 aromatic carbocycles. The average molecular weight is 310 g/mol. The largest absolute Gasteiger partial charge is 0.441 e. The number of amides is 1. The summed E-state index contributed by atoms with van der Waals surface area (Å²) in [5, 5.41) is 12.1. The van der Waals surface area contributed by atoms with Crippen LogP contribution in [0.4, 0.5) is 10.5 Å². The maximum atomic E-state index is 11.8. The highest BCUT2D eigenvalue weighted by molar-refractivity contribution is 5.84. The van der Waals surface area contributed by atoms with Gasteiger partial charge in [-0.25, -0.2) is 4.79 Å². The molecular formula is C13H14N2O7. The minimum atomic E-state index is -0.879. The Bertz CT molecular complexity index is 553. The van der Waals surface area contributed by atoms with Crippen molar-refractivity contribution in [2.75, 3.05) is 18.5 Å². The highest BCUT2D eigenvalue weighted by atomic mass is 17.0. The van der Waals surface area contributed by atoms with Crippen molar-refractivity contribution in [3.63, 3.8) is 0 Å². The highest BCUT2D eigenvalue weighted by Gasteiger charge is 2.51. The van der Waals surface area contributed by atoms with E-state index in [9.17, 15) is 14.9 Å². The van der Waals surface area contributed by atoms with E-state index in [1.807, 2.05) is 6.07 Å². The van der Waals surface area contributed by atoms with E-state index in [1.165, 1.54) is 0 Å². The molecule has 3 rings (SSSR count). The summed E-state index contributed by atoms with van der Waals surface area (Å²) in [5.74, 6) is 0. The Kier molecular flexibility index (Phi) is 4.07. The molecule has 2 saturated heterocycles. The van der Waals surface area contributed by atoms with Crippen LogP contribution in [-0.4, -0.2) is 48.8 Å². The lowest BCUT2D eigenvalue weighted by Crippen LogP contribution is -2.36. The molecule has 1 N–H and O–H groups in total. The molecule has 2 heterocycles. The zero-order chi connectivity index (χ0) is 15.5. The van der Waals surface area contributed by atoms with E-state index in [4.69, 9.17) is 14.2 Å². The number of ether oxygens (including phenoxy) is 3. The zero-order valence-corrected chi connectivity index (χ0v) is 11.4. The van der Waals surface area contributed by atoms with Crippen molar-refractivity contribution in [1.29, 1.82) is 0 Å². The monoisotopic (exact) mass is 310 g/mol. The van der Waals surface area contributed by atoms with E-state index in [1.54, 1.807) is 24.3 Å². The SMILES string of the molecule is O=C(Nc1ccccc1)O[C@H]1CO[C@H]2[C@@H]1OC[C@H]2O[N+](=O)[O-]. The smallest absolute Gasteiger partial charge is 0.412 e. The van der Waals surface area contributed by atoms with E-state index in [0.717, 1.165) is 0 Å². The summed E-state index contributed by atoms with van der Waals surface area (Å²) in [7, 11) is 0. The minimum absolute atomic E-state index is 0.0243. The second kappa shape index (κ2) is 6.16. The fraction of sp³-hybridized carbons (Fsp3) is 0.462. The van der Waals surface area contributed by atoms with Gasteiger partial charge in [-0.15, -0.1) is 10.1 Å². The number of hydrogen-bond donors (Lipinski definition) is 1. The van der Waals surface area contributed by atoms with Crippen LogP contribution in [0, 0.1) is 10.1 Å². The Balaban J connectivity index is 1.54. The number of anilines is 1. The molecule has 2 aliphatic rings. The predicted octanol–water partition coefficient (Wildman–Crippen LogP) is 0.978. The number of para-hydroxylation sites is 1. The quantitative estimate of drug-likeness (QED) is 0.652. The molecule has 2 aliphatic heterocycles. The maximum Gasteiger partial charge on any atom is 0.412 e. The molecule has 0 bridgehead atoms. The molecular weight excluding hydrogens is 296 g/mol. The maximum absolute atomic E-state index is 11.8. The molecule has 118 valence electrons. The molecule has 0 aromatic heterocycles. The second-order valence-corrected chi connectivity index (χ2v) is 4.90. The Morgan fingerprint density at radius 2 is 1.82 bits per heavy atom. The minimum Gasteiger partial charge on any atom is -0.441 e. The molecule has 0 unspecified atom stereocenters. The standard InChI is InChI=1S/C13H14N2O7/c16-13(14-8-4-2-1-3-5-8)21-9-6-19-12-10(22-15(17)18)7-20-11(9)12/h1-5,9-12H,6-7H2,(H,14,16)/t9-,10+,11+,12+/m0/s1. The Hall–Kier alpha value is -2.39. The number of carbonyl (C=O) groups excluding carboxylic acids is 1. The van der Waals surface area contributed by atoms with Crippen LogP contribution >= 0.6 is 0 Å². The van der Waals surface area contributed by atoms with Gasteiger partial charge in [-0.1, -0.05) is 18.2 Å². The van der Waals surface area contributed by atoms with Gasteiger partial charge in [0.05, 0.1) is 13.2 Å². The summed E-state index contributed by atoms with van der Waals surface area (Å²) in [6.45, 7) is 0.131. The van der Waals surface area contributed by atoms with Gasteiger partial charge in [-0.3, -0.25) is 5.32 Å². The normalized spacial score (nSPS) is 29.6. The van der Waals surface area contributed by atoms with Crippen molar-refractivity contribution in [2.45, 2.75) is 24.4 Å². The molecule has 0 saturated carbocycles. The zero-order valence-electron chi connectivity index (χ0n) is 11.4. The molecule has 22 heavy (non-hydrogen) atoms. The van der Waals surface area contributed by atoms with Crippen molar-refractivity contribution in [3.8, 4) is 0 Å². The molecule has 2 fully saturated rings. The first-order valence-electron chi connectivity index (χ1n) is 6.70. The number of rotatable bonds is 4. The van der Waals surface area contributed by atoms with Gasteiger partial charge in [-0.2, -0.15) is 0 Å². The van der Waals surface area contributed by atoms with Crippen LogP contribution in [0.25, 0.3) is 0 Å². The Morgan fingerprint density at radius 3 is 2.50 bits per heavy atom. The van der Waals surface area contributed by atoms with Crippen LogP contribution in [-0.2, 0) is 19.0 Å². The molecule has 0 aliphatic carbocycles. The third-order valence-corrected chi connectivity index (χ3v) is 3.46. The fourth-order valence-electron chi connectivity index (χ4n) is 2.54. The van der Waals surface area contributed by atoms with Gasteiger partial charge in [0.1, 0.15) is 12.2 Å². The first-order chi connectivity index (χ1) is 10.6. The summed E-state index contributed by atoms with van der Waals surface area (Å²) in [4.78, 5) is 26.7. The lowest BCUT2D eigenvalue weighted by Gasteiger charge is -2.17. The van der Waals surface area contributed by atoms with E-state index >= 15 is 0 Å². The predicted molar refractivity (Wildman–Crippen MR) is 71.7 cm³/mol. The van der Waals surface area contributed by atoms with Crippen LogP contribution < -0.4 is 5.32 Å². The van der Waals surface area contributed by atoms with Crippen molar-refractivity contribution < 1.29 is 28.9 Å². The van der Waals surface area contributed by atoms with Gasteiger partial charge < -0.3 is 19.0 Å². The molecule has 1 amide bonds. The van der Waals surface area contributed by atoms with E-state index in [-0.39, 0.29) is 13.2 Å². The number of hydrogen-bond acceptors (Lipinski definition) is 7. The first kappa shape index (κ1) is 14.5. The first-order valence-corrected chi connectivity index (χ1v) is 6.70. The molecule has 1 aromatic rings. The molecule has 9 nitrogen and oxygen atoms in total. The lowest BCUT2D eigenvalue weighted by atomic mass is 10.1. The van der Waals surface area contributed by atoms with Crippen LogP contribution in [0.15, 0.2) is 30.3 Å². The number of nitrogens with one attached hydrogen (secondary N) is 1. The summed E-state index contributed by atoms with van der Waals surface area (Å²) < 4.78 is 16.0. The molecule has 0 spiro atoms. The van der Waals surface area contributed by atoms with E-state index < -0.39 is 35.6 Å². The number of fused-ring (bicyclic) bond motifs is 1. The van der Waals surface area contributed by atoms with Crippen LogP contribution in [0.2, 0.25) is 0 Å². The second-order valence-electron chi connectivity index (χ2n) is 4.90. The van der Waals surface area contributed by atoms with E-state index in [2.05, 4.69) is 10.2 Å². The van der Waals surface area contributed by atoms with Crippen molar-refractivity contribution in [1.82, 2.24) is 0 Å². The summed E-state index contributed by atoms with van der Waals surface area (Å²) in [6, 6.07) is 8.84. The van der Waals surface area contributed by atoms with Gasteiger partial charge in [0.2, 0.25) is 0 Å². The van der Waals surface area contributed by atoms with Gasteiger partial charge in [0.25, 0.3) is 5.09 Å². The van der Waals surface area contributed by atoms with Gasteiger partial charge in [-0.05, 0) is 12.1 Å². The molecule has 9 heteroatoms. The Labute approximate surface area is 125 Å². The number of benzene rings is 1. The van der Waals surface area contributed by atoms with E-state index in [0.29, 0.717) is 5.69 Å². The summed E-state index contributed by atoms with van der Waals surface area (Å²) in [5.41, 5.74) is 0.602. The lowest BCUT2D eigenvalue weighted by molar-refractivity contribution is -0.769. The van der Waals surface area contributed by atoms with Crippen LogP contribution in [0.5, 0.6) is 0 Å². The third kappa shape index (κ3) is 3.10. The average Bonchev–Trinajstić information content (AvgIpc) is 3.04. The van der Waals surface area contributed by atoms with Crippen molar-refractivity contribution in [2.24, 2.45) is 0 Å². The fourth-order valence-corrected chi connectivity index (χ4v) is 2.54. The number of carbonyl (C=O) groups is 1. The van der Waals surface area contributed by atoms with Crippen LogP contribution in [0.1, 0.15) is 0 Å². The highest BCUT2D eigenvalue weighted by Crippen LogP contribution is 2.30. The van der Waals surface area contributed by atoms with Crippen LogP contribution in [0.3, 0.4) is 0 Å². The molecule has 4 atom stereocenters. The number of nitrogens with zero attached hydrogens (tertiary/aromatic N) is 1. The molecule has 0 radical (unpaired) electrons. The van der Waals surface area contributed by atoms with Crippen molar-refractivity contribution >= 4 is 11.8 Å². The van der Waals surface area contributed by atoms with Gasteiger partial charge in [0.15, 0.2) is 12.2 Å². The summed E-state index contributed by atoms with van der Waals surface area (Å²) >= 11 is 0. The Morgan fingerprint density at radius 1 is 1.18 bits per heavy atom.